The number of nitriles is 1. The van der Waals surface area contributed by atoms with E-state index in [0.29, 0.717) is 12.2 Å². The third-order valence-corrected chi connectivity index (χ3v) is 5.96. The van der Waals surface area contributed by atoms with E-state index in [-0.39, 0.29) is 6.04 Å². The number of hydrogen-bond acceptors (Lipinski definition) is 4. The summed E-state index contributed by atoms with van der Waals surface area (Å²) in [7, 11) is 0. The summed E-state index contributed by atoms with van der Waals surface area (Å²) in [5.41, 5.74) is 3.20. The topological polar surface area (TPSA) is 39.5 Å². The van der Waals surface area contributed by atoms with E-state index in [1.54, 1.807) is 12.1 Å². The molecule has 3 aromatic rings. The zero-order valence-electron chi connectivity index (χ0n) is 17.5. The SMILES string of the molecule is N#Cc1cccc(OCCN2CCN(C(c3ccccc3)c3ccc(Cl)cc3)CC2)c1. The Kier molecular flexibility index (Phi) is 7.22. The third kappa shape index (κ3) is 5.65. The Labute approximate surface area is 189 Å². The minimum absolute atomic E-state index is 0.227. The molecule has 4 nitrogen and oxygen atoms in total. The molecule has 1 fully saturated rings. The summed E-state index contributed by atoms with van der Waals surface area (Å²) in [6.45, 7) is 5.48. The maximum atomic E-state index is 9.01. The largest absolute Gasteiger partial charge is 0.492 e. The summed E-state index contributed by atoms with van der Waals surface area (Å²) in [6, 6.07) is 28.6. The second kappa shape index (κ2) is 10.5. The molecule has 31 heavy (non-hydrogen) atoms. The molecule has 0 aromatic heterocycles. The molecule has 0 bridgehead atoms. The van der Waals surface area contributed by atoms with Crippen LogP contribution in [0, 0.1) is 11.3 Å². The molecule has 0 saturated carbocycles. The highest BCUT2D eigenvalue weighted by molar-refractivity contribution is 6.30. The fraction of sp³-hybridized carbons (Fsp3) is 0.269. The van der Waals surface area contributed by atoms with Crippen LogP contribution in [0.4, 0.5) is 0 Å². The van der Waals surface area contributed by atoms with E-state index in [4.69, 9.17) is 21.6 Å². The Morgan fingerprint density at radius 3 is 2.29 bits per heavy atom. The standard InChI is InChI=1S/C26H26ClN3O/c27-24-11-9-23(10-12-24)26(22-6-2-1-3-7-22)30-15-13-29(14-16-30)17-18-31-25-8-4-5-21(19-25)20-28/h1-12,19,26H,13-18H2. The zero-order chi connectivity index (χ0) is 21.5. The predicted octanol–water partition coefficient (Wildman–Crippen LogP) is 5.00. The van der Waals surface area contributed by atoms with Gasteiger partial charge in [-0.1, -0.05) is 60.1 Å². The highest BCUT2D eigenvalue weighted by Crippen LogP contribution is 2.30. The maximum Gasteiger partial charge on any atom is 0.120 e. The van der Waals surface area contributed by atoms with Gasteiger partial charge in [-0.05, 0) is 41.5 Å². The first-order valence-electron chi connectivity index (χ1n) is 10.6. The molecule has 1 atom stereocenters. The third-order valence-electron chi connectivity index (χ3n) is 5.71. The molecule has 1 heterocycles. The number of rotatable bonds is 7. The van der Waals surface area contributed by atoms with Gasteiger partial charge in [-0.2, -0.15) is 5.26 Å². The molecule has 0 aliphatic carbocycles. The Bertz CT molecular complexity index is 1010. The average Bonchev–Trinajstić information content (AvgIpc) is 2.82. The van der Waals surface area contributed by atoms with Crippen LogP contribution in [-0.4, -0.2) is 49.1 Å². The summed E-state index contributed by atoms with van der Waals surface area (Å²) in [6.07, 6.45) is 0. The van der Waals surface area contributed by atoms with Gasteiger partial charge >= 0.3 is 0 Å². The van der Waals surface area contributed by atoms with Crippen molar-refractivity contribution in [2.75, 3.05) is 39.3 Å². The number of piperazine rings is 1. The van der Waals surface area contributed by atoms with Crippen molar-refractivity contribution in [3.8, 4) is 11.8 Å². The molecule has 0 spiro atoms. The fourth-order valence-corrected chi connectivity index (χ4v) is 4.21. The van der Waals surface area contributed by atoms with E-state index >= 15 is 0 Å². The second-order valence-electron chi connectivity index (χ2n) is 7.73. The van der Waals surface area contributed by atoms with Crippen LogP contribution in [0.5, 0.6) is 5.75 Å². The molecule has 0 amide bonds. The smallest absolute Gasteiger partial charge is 0.120 e. The second-order valence-corrected chi connectivity index (χ2v) is 8.17. The van der Waals surface area contributed by atoms with Gasteiger partial charge in [-0.3, -0.25) is 9.80 Å². The summed E-state index contributed by atoms with van der Waals surface area (Å²) >= 11 is 6.13. The van der Waals surface area contributed by atoms with Crippen molar-refractivity contribution in [2.24, 2.45) is 0 Å². The van der Waals surface area contributed by atoms with Crippen LogP contribution < -0.4 is 4.74 Å². The number of ether oxygens (including phenoxy) is 1. The van der Waals surface area contributed by atoms with E-state index in [9.17, 15) is 0 Å². The molecule has 0 radical (unpaired) electrons. The molecular weight excluding hydrogens is 406 g/mol. The van der Waals surface area contributed by atoms with Crippen LogP contribution in [0.2, 0.25) is 5.02 Å². The minimum Gasteiger partial charge on any atom is -0.492 e. The molecular formula is C26H26ClN3O. The Morgan fingerprint density at radius 1 is 0.871 bits per heavy atom. The van der Waals surface area contributed by atoms with E-state index < -0.39 is 0 Å². The minimum atomic E-state index is 0.227. The van der Waals surface area contributed by atoms with Gasteiger partial charge in [-0.25, -0.2) is 0 Å². The number of benzene rings is 3. The summed E-state index contributed by atoms with van der Waals surface area (Å²) in [5, 5.41) is 9.78. The number of hydrogen-bond donors (Lipinski definition) is 0. The van der Waals surface area contributed by atoms with Gasteiger partial charge in [0.1, 0.15) is 12.4 Å². The quantitative estimate of drug-likeness (QED) is 0.528. The van der Waals surface area contributed by atoms with Gasteiger partial charge < -0.3 is 4.74 Å². The highest BCUT2D eigenvalue weighted by Gasteiger charge is 2.26. The van der Waals surface area contributed by atoms with Crippen molar-refractivity contribution in [1.29, 1.82) is 5.26 Å². The van der Waals surface area contributed by atoms with Crippen LogP contribution >= 0.6 is 11.6 Å². The van der Waals surface area contributed by atoms with E-state index in [1.165, 1.54) is 11.1 Å². The molecule has 0 N–H and O–H groups in total. The van der Waals surface area contributed by atoms with Crippen molar-refractivity contribution in [1.82, 2.24) is 9.80 Å². The summed E-state index contributed by atoms with van der Waals surface area (Å²) in [4.78, 5) is 4.99. The lowest BCUT2D eigenvalue weighted by Crippen LogP contribution is -2.48. The van der Waals surface area contributed by atoms with Crippen molar-refractivity contribution < 1.29 is 4.74 Å². The van der Waals surface area contributed by atoms with Crippen LogP contribution in [0.1, 0.15) is 22.7 Å². The monoisotopic (exact) mass is 431 g/mol. The Morgan fingerprint density at radius 2 is 1.58 bits per heavy atom. The number of nitrogens with zero attached hydrogens (tertiary/aromatic N) is 3. The van der Waals surface area contributed by atoms with Crippen molar-refractivity contribution in [2.45, 2.75) is 6.04 Å². The van der Waals surface area contributed by atoms with Crippen LogP contribution in [0.25, 0.3) is 0 Å². The van der Waals surface area contributed by atoms with Crippen molar-refractivity contribution >= 4 is 11.6 Å². The van der Waals surface area contributed by atoms with Gasteiger partial charge in [0, 0.05) is 37.7 Å². The predicted molar refractivity (Wildman–Crippen MR) is 124 cm³/mol. The molecule has 1 unspecified atom stereocenters. The van der Waals surface area contributed by atoms with Crippen LogP contribution in [0.3, 0.4) is 0 Å². The van der Waals surface area contributed by atoms with Gasteiger partial charge in [0.25, 0.3) is 0 Å². The molecule has 1 saturated heterocycles. The first-order valence-corrected chi connectivity index (χ1v) is 11.0. The average molecular weight is 432 g/mol. The van der Waals surface area contributed by atoms with Crippen LogP contribution in [0.15, 0.2) is 78.9 Å². The fourth-order valence-electron chi connectivity index (χ4n) is 4.09. The maximum absolute atomic E-state index is 9.01. The lowest BCUT2D eigenvalue weighted by molar-refractivity contribution is 0.0977. The lowest BCUT2D eigenvalue weighted by Gasteiger charge is -2.39. The van der Waals surface area contributed by atoms with Gasteiger partial charge in [0.05, 0.1) is 17.7 Å². The highest BCUT2D eigenvalue weighted by atomic mass is 35.5. The Balaban J connectivity index is 1.35. The van der Waals surface area contributed by atoms with Gasteiger partial charge in [0.2, 0.25) is 0 Å². The zero-order valence-corrected chi connectivity index (χ0v) is 18.2. The van der Waals surface area contributed by atoms with Crippen molar-refractivity contribution in [3.05, 3.63) is 101 Å². The summed E-state index contributed by atoms with van der Waals surface area (Å²) < 4.78 is 5.86. The van der Waals surface area contributed by atoms with E-state index in [2.05, 4.69) is 58.3 Å². The van der Waals surface area contributed by atoms with Crippen molar-refractivity contribution in [3.63, 3.8) is 0 Å². The molecule has 4 rings (SSSR count). The van der Waals surface area contributed by atoms with Gasteiger partial charge in [0.15, 0.2) is 0 Å². The number of halogens is 1. The normalized spacial score (nSPS) is 15.9. The summed E-state index contributed by atoms with van der Waals surface area (Å²) in [5.74, 6) is 0.754. The molecule has 1 aliphatic rings. The molecule has 3 aromatic carbocycles. The Hall–Kier alpha value is -2.84. The molecule has 158 valence electrons. The van der Waals surface area contributed by atoms with Crippen LogP contribution in [-0.2, 0) is 0 Å². The first-order chi connectivity index (χ1) is 15.2. The molecule has 5 heteroatoms. The van der Waals surface area contributed by atoms with E-state index in [0.717, 1.165) is 43.5 Å². The van der Waals surface area contributed by atoms with Gasteiger partial charge in [-0.15, -0.1) is 0 Å². The molecule has 1 aliphatic heterocycles. The first kappa shape index (κ1) is 21.4. The lowest BCUT2D eigenvalue weighted by atomic mass is 9.96. The van der Waals surface area contributed by atoms with E-state index in [1.807, 2.05) is 24.3 Å².